The van der Waals surface area contributed by atoms with E-state index in [1.54, 1.807) is 0 Å². The third-order valence-corrected chi connectivity index (χ3v) is 3.98. The summed E-state index contributed by atoms with van der Waals surface area (Å²) in [7, 11) is 0. The van der Waals surface area contributed by atoms with Gasteiger partial charge in [-0.3, -0.25) is 10.1 Å². The average Bonchev–Trinajstić information content (AvgIpc) is 2.68. The van der Waals surface area contributed by atoms with Crippen molar-refractivity contribution in [3.05, 3.63) is 33.3 Å². The molecule has 0 bridgehead atoms. The summed E-state index contributed by atoms with van der Waals surface area (Å²) in [4.78, 5) is 11.9. The van der Waals surface area contributed by atoms with Crippen LogP contribution in [-0.2, 0) is 11.3 Å². The Labute approximate surface area is 137 Å². The number of amides is 1. The van der Waals surface area contributed by atoms with Crippen molar-refractivity contribution >= 4 is 34.2 Å². The zero-order valence-electron chi connectivity index (χ0n) is 11.8. The van der Waals surface area contributed by atoms with E-state index in [-0.39, 0.29) is 18.3 Å². The van der Waals surface area contributed by atoms with Crippen LogP contribution in [0.1, 0.15) is 23.1 Å². The number of benzene rings is 1. The molecular formula is C14H18BrClF2N2O. The van der Waals surface area contributed by atoms with Crippen LogP contribution in [0.3, 0.4) is 0 Å². The van der Waals surface area contributed by atoms with E-state index < -0.39 is 24.9 Å². The fourth-order valence-corrected chi connectivity index (χ4v) is 3.11. The first-order valence-corrected chi connectivity index (χ1v) is 7.22. The van der Waals surface area contributed by atoms with Gasteiger partial charge in [0.15, 0.2) is 0 Å². The summed E-state index contributed by atoms with van der Waals surface area (Å²) >= 11 is 3.41. The van der Waals surface area contributed by atoms with Crippen LogP contribution in [0.4, 0.5) is 8.78 Å². The smallest absolute Gasteiger partial charge is 0.262 e. The van der Waals surface area contributed by atoms with E-state index in [2.05, 4.69) is 26.6 Å². The lowest BCUT2D eigenvalue weighted by Crippen LogP contribution is -2.40. The highest BCUT2D eigenvalue weighted by atomic mass is 79.9. The maximum atomic E-state index is 13.0. The first-order chi connectivity index (χ1) is 9.28. The molecule has 0 saturated carbocycles. The summed E-state index contributed by atoms with van der Waals surface area (Å²) in [6.45, 7) is 3.84. The Balaban J connectivity index is 0.00000220. The first kappa shape index (κ1) is 18.3. The van der Waals surface area contributed by atoms with Gasteiger partial charge in [0.2, 0.25) is 5.91 Å². The van der Waals surface area contributed by atoms with Gasteiger partial charge in [-0.25, -0.2) is 8.78 Å². The molecule has 1 aromatic carbocycles. The second-order valence-electron chi connectivity index (χ2n) is 5.23. The second kappa shape index (κ2) is 7.03. The number of carbonyl (C=O) groups is 1. The van der Waals surface area contributed by atoms with Gasteiger partial charge in [-0.15, -0.1) is 12.4 Å². The molecule has 0 aromatic heterocycles. The predicted molar refractivity (Wildman–Crippen MR) is 84.1 cm³/mol. The molecule has 1 fully saturated rings. The lowest BCUT2D eigenvalue weighted by molar-refractivity contribution is -0.123. The van der Waals surface area contributed by atoms with Crippen molar-refractivity contribution in [3.63, 3.8) is 0 Å². The number of halogens is 4. The van der Waals surface area contributed by atoms with Crippen molar-refractivity contribution in [3.8, 4) is 0 Å². The first-order valence-electron chi connectivity index (χ1n) is 6.43. The van der Waals surface area contributed by atoms with E-state index in [0.717, 1.165) is 21.2 Å². The zero-order chi connectivity index (χ0) is 14.9. The molecule has 2 N–H and O–H groups in total. The second-order valence-corrected chi connectivity index (χ2v) is 6.15. The maximum Gasteiger partial charge on any atom is 0.262 e. The van der Waals surface area contributed by atoms with Crippen molar-refractivity contribution in [2.24, 2.45) is 0 Å². The Morgan fingerprint density at radius 2 is 2.00 bits per heavy atom. The Bertz CT molecular complexity index is 517. The van der Waals surface area contributed by atoms with Gasteiger partial charge in [-0.05, 0) is 42.7 Å². The van der Waals surface area contributed by atoms with E-state index in [0.29, 0.717) is 6.54 Å². The summed E-state index contributed by atoms with van der Waals surface area (Å²) in [5.74, 6) is -3.16. The number of hydrogen-bond acceptors (Lipinski definition) is 2. The Kier molecular flexibility index (Phi) is 6.13. The van der Waals surface area contributed by atoms with Crippen molar-refractivity contribution < 1.29 is 13.6 Å². The van der Waals surface area contributed by atoms with Crippen molar-refractivity contribution in [1.82, 2.24) is 10.6 Å². The van der Waals surface area contributed by atoms with Crippen LogP contribution in [0.5, 0.6) is 0 Å². The molecule has 7 heteroatoms. The third-order valence-electron chi connectivity index (χ3n) is 3.53. The minimum atomic E-state index is -2.79. The van der Waals surface area contributed by atoms with E-state index in [9.17, 15) is 13.6 Å². The number of nitrogens with one attached hydrogen (secondary N) is 2. The minimum absolute atomic E-state index is 0. The summed E-state index contributed by atoms with van der Waals surface area (Å²) in [5, 5.41) is 5.28. The molecule has 1 aromatic rings. The van der Waals surface area contributed by atoms with Crippen molar-refractivity contribution in [2.75, 3.05) is 6.54 Å². The molecule has 1 aliphatic rings. The van der Waals surface area contributed by atoms with Crippen molar-refractivity contribution in [1.29, 1.82) is 0 Å². The van der Waals surface area contributed by atoms with Crippen LogP contribution in [0.25, 0.3) is 0 Å². The molecular weight excluding hydrogens is 366 g/mol. The number of alkyl halides is 2. The Hall–Kier alpha value is -0.720. The van der Waals surface area contributed by atoms with Gasteiger partial charge < -0.3 is 5.32 Å². The van der Waals surface area contributed by atoms with E-state index >= 15 is 0 Å². The number of carbonyl (C=O) groups excluding carboxylic acids is 1. The largest absolute Gasteiger partial charge is 0.351 e. The molecule has 2 rings (SSSR count). The molecule has 0 radical (unpaired) electrons. The quantitative estimate of drug-likeness (QED) is 0.842. The van der Waals surface area contributed by atoms with Crippen molar-refractivity contribution in [2.45, 2.75) is 38.8 Å². The van der Waals surface area contributed by atoms with Crippen LogP contribution in [-0.4, -0.2) is 24.4 Å². The molecule has 1 heterocycles. The molecule has 1 saturated heterocycles. The van der Waals surface area contributed by atoms with Gasteiger partial charge in [0.05, 0.1) is 12.6 Å². The highest BCUT2D eigenvalue weighted by molar-refractivity contribution is 9.10. The van der Waals surface area contributed by atoms with Gasteiger partial charge in [0.25, 0.3) is 5.92 Å². The van der Waals surface area contributed by atoms with Crippen LogP contribution in [0.15, 0.2) is 16.6 Å². The molecule has 1 amide bonds. The van der Waals surface area contributed by atoms with Gasteiger partial charge in [0.1, 0.15) is 0 Å². The minimum Gasteiger partial charge on any atom is -0.351 e. The average molecular weight is 384 g/mol. The Morgan fingerprint density at radius 1 is 1.43 bits per heavy atom. The van der Waals surface area contributed by atoms with Gasteiger partial charge >= 0.3 is 0 Å². The third kappa shape index (κ3) is 4.63. The Morgan fingerprint density at radius 3 is 2.48 bits per heavy atom. The summed E-state index contributed by atoms with van der Waals surface area (Å²) < 4.78 is 27.1. The lowest BCUT2D eigenvalue weighted by Gasteiger charge is -2.14. The molecule has 0 spiro atoms. The topological polar surface area (TPSA) is 41.1 Å². The zero-order valence-corrected chi connectivity index (χ0v) is 14.2. The van der Waals surface area contributed by atoms with Crippen LogP contribution in [0.2, 0.25) is 0 Å². The molecule has 1 aliphatic heterocycles. The summed E-state index contributed by atoms with van der Waals surface area (Å²) in [6, 6.07) is 3.13. The van der Waals surface area contributed by atoms with E-state index in [4.69, 9.17) is 0 Å². The number of rotatable bonds is 3. The van der Waals surface area contributed by atoms with Crippen LogP contribution >= 0.6 is 28.3 Å². The molecule has 1 unspecified atom stereocenters. The highest BCUT2D eigenvalue weighted by Crippen LogP contribution is 2.25. The van der Waals surface area contributed by atoms with Gasteiger partial charge in [-0.1, -0.05) is 15.9 Å². The predicted octanol–water partition coefficient (Wildman–Crippen LogP) is 3.10. The number of aryl methyl sites for hydroxylation is 2. The normalized spacial score (nSPS) is 20.0. The molecule has 3 nitrogen and oxygen atoms in total. The molecule has 1 atom stereocenters. The monoisotopic (exact) mass is 382 g/mol. The molecule has 118 valence electrons. The highest BCUT2D eigenvalue weighted by Gasteiger charge is 2.42. The standard InChI is InChI=1S/C14H17BrF2N2O.ClH/c1-8-3-10(15)4-9(2)11(8)6-18-13(20)12-5-14(16,17)7-19-12;/h3-4,12,19H,5-7H2,1-2H3,(H,18,20);1H. The SMILES string of the molecule is Cc1cc(Br)cc(C)c1CNC(=O)C1CC(F)(F)CN1.Cl. The summed E-state index contributed by atoms with van der Waals surface area (Å²) in [5.41, 5.74) is 3.13. The number of hydrogen-bond donors (Lipinski definition) is 2. The van der Waals surface area contributed by atoms with E-state index in [1.165, 1.54) is 0 Å². The van der Waals surface area contributed by atoms with Gasteiger partial charge in [-0.2, -0.15) is 0 Å². The maximum absolute atomic E-state index is 13.0. The summed E-state index contributed by atoms with van der Waals surface area (Å²) in [6.07, 6.45) is -0.433. The van der Waals surface area contributed by atoms with Crippen LogP contribution < -0.4 is 10.6 Å². The van der Waals surface area contributed by atoms with E-state index in [1.807, 2.05) is 26.0 Å². The van der Waals surface area contributed by atoms with Gasteiger partial charge in [0, 0.05) is 17.4 Å². The van der Waals surface area contributed by atoms with Crippen LogP contribution in [0, 0.1) is 13.8 Å². The molecule has 0 aliphatic carbocycles. The molecule has 21 heavy (non-hydrogen) atoms. The fourth-order valence-electron chi connectivity index (χ4n) is 2.42. The lowest BCUT2D eigenvalue weighted by atomic mass is 10.0. The fraction of sp³-hybridized carbons (Fsp3) is 0.500.